The predicted molar refractivity (Wildman–Crippen MR) is 62.0 cm³/mol. The second-order valence-corrected chi connectivity index (χ2v) is 4.25. The van der Waals surface area contributed by atoms with Crippen molar-refractivity contribution in [3.63, 3.8) is 0 Å². The summed E-state index contributed by atoms with van der Waals surface area (Å²) in [5, 5.41) is 0.637. The molecule has 1 aromatic heterocycles. The van der Waals surface area contributed by atoms with E-state index in [0.717, 1.165) is 10.0 Å². The van der Waals surface area contributed by atoms with Crippen molar-refractivity contribution in [3.05, 3.63) is 33.7 Å². The topological polar surface area (TPSA) is 42.1 Å². The van der Waals surface area contributed by atoms with Gasteiger partial charge in [0.2, 0.25) is 0 Å². The van der Waals surface area contributed by atoms with Gasteiger partial charge in [-0.3, -0.25) is 0 Å². The fraction of sp³-hybridized carbons (Fsp3) is 0.182. The van der Waals surface area contributed by atoms with Gasteiger partial charge in [-0.25, -0.2) is 9.18 Å². The van der Waals surface area contributed by atoms with Gasteiger partial charge in [0.1, 0.15) is 11.5 Å². The van der Waals surface area contributed by atoms with Gasteiger partial charge in [-0.15, -0.1) is 0 Å². The van der Waals surface area contributed by atoms with E-state index in [0.29, 0.717) is 10.9 Å². The molecule has 1 N–H and O–H groups in total. The first kappa shape index (κ1) is 11.1. The number of carbonyl (C=O) groups is 1. The first-order chi connectivity index (χ1) is 7.54. The maximum atomic E-state index is 13.6. The standard InChI is InChI=1S/C11H9BrFNO2/c1-5-3-7(13)10-6(9(5)12)4-8(14-10)11(15)16-2/h3-4,14H,1-2H3. The number of halogens is 2. The number of methoxy groups -OCH3 is 1. The highest BCUT2D eigenvalue weighted by molar-refractivity contribution is 9.10. The maximum Gasteiger partial charge on any atom is 0.354 e. The van der Waals surface area contributed by atoms with E-state index in [4.69, 9.17) is 0 Å². The molecule has 0 radical (unpaired) electrons. The van der Waals surface area contributed by atoms with E-state index in [-0.39, 0.29) is 11.5 Å². The number of hydrogen-bond donors (Lipinski definition) is 1. The number of H-pyrrole nitrogens is 1. The molecule has 2 aromatic rings. The second-order valence-electron chi connectivity index (χ2n) is 3.45. The largest absolute Gasteiger partial charge is 0.464 e. The normalized spacial score (nSPS) is 10.8. The van der Waals surface area contributed by atoms with Crippen LogP contribution in [0.5, 0.6) is 0 Å². The molecule has 5 heteroatoms. The van der Waals surface area contributed by atoms with Crippen LogP contribution in [0.15, 0.2) is 16.6 Å². The van der Waals surface area contributed by atoms with Crippen molar-refractivity contribution in [2.75, 3.05) is 7.11 Å². The molecule has 0 aliphatic heterocycles. The Bertz CT molecular complexity index is 577. The fourth-order valence-electron chi connectivity index (χ4n) is 1.57. The highest BCUT2D eigenvalue weighted by atomic mass is 79.9. The average Bonchev–Trinajstić information content (AvgIpc) is 2.70. The number of carbonyl (C=O) groups excluding carboxylic acids is 1. The number of aromatic amines is 1. The minimum atomic E-state index is -0.514. The SMILES string of the molecule is COC(=O)c1cc2c(Br)c(C)cc(F)c2[nH]1. The molecular weight excluding hydrogens is 277 g/mol. The zero-order chi connectivity index (χ0) is 11.9. The van der Waals surface area contributed by atoms with Gasteiger partial charge in [-0.2, -0.15) is 0 Å². The zero-order valence-corrected chi connectivity index (χ0v) is 10.3. The molecular formula is C11H9BrFNO2. The summed E-state index contributed by atoms with van der Waals surface area (Å²) in [6, 6.07) is 2.98. The average molecular weight is 286 g/mol. The number of aromatic nitrogens is 1. The molecule has 0 saturated carbocycles. The third-order valence-corrected chi connectivity index (χ3v) is 3.44. The van der Waals surface area contributed by atoms with E-state index in [1.54, 1.807) is 13.0 Å². The molecule has 0 amide bonds. The Labute approximate surface area is 99.7 Å². The van der Waals surface area contributed by atoms with Crippen LogP contribution >= 0.6 is 15.9 Å². The molecule has 16 heavy (non-hydrogen) atoms. The molecule has 1 aromatic carbocycles. The van der Waals surface area contributed by atoms with E-state index in [9.17, 15) is 9.18 Å². The minimum Gasteiger partial charge on any atom is -0.464 e. The van der Waals surface area contributed by atoms with Crippen LogP contribution in [0, 0.1) is 12.7 Å². The number of esters is 1. The Morgan fingerprint density at radius 1 is 1.50 bits per heavy atom. The third-order valence-electron chi connectivity index (χ3n) is 2.39. The van der Waals surface area contributed by atoms with Crippen LogP contribution < -0.4 is 0 Å². The highest BCUT2D eigenvalue weighted by Gasteiger charge is 2.15. The van der Waals surface area contributed by atoms with E-state index in [1.165, 1.54) is 13.2 Å². The lowest BCUT2D eigenvalue weighted by molar-refractivity contribution is 0.0595. The van der Waals surface area contributed by atoms with Gasteiger partial charge < -0.3 is 9.72 Å². The number of aryl methyl sites for hydroxylation is 1. The molecule has 0 aliphatic rings. The molecule has 0 fully saturated rings. The van der Waals surface area contributed by atoms with Crippen LogP contribution in [-0.2, 0) is 4.74 Å². The van der Waals surface area contributed by atoms with Gasteiger partial charge in [0.15, 0.2) is 0 Å². The van der Waals surface area contributed by atoms with E-state index >= 15 is 0 Å². The highest BCUT2D eigenvalue weighted by Crippen LogP contribution is 2.30. The molecule has 1 heterocycles. The van der Waals surface area contributed by atoms with Crippen molar-refractivity contribution in [1.29, 1.82) is 0 Å². The van der Waals surface area contributed by atoms with Gasteiger partial charge in [0.05, 0.1) is 12.6 Å². The molecule has 0 aliphatic carbocycles. The molecule has 2 rings (SSSR count). The van der Waals surface area contributed by atoms with Crippen LogP contribution in [-0.4, -0.2) is 18.1 Å². The zero-order valence-electron chi connectivity index (χ0n) is 8.73. The first-order valence-corrected chi connectivity index (χ1v) is 5.39. The molecule has 0 atom stereocenters. The summed E-state index contributed by atoms with van der Waals surface area (Å²) in [5.41, 5.74) is 1.32. The van der Waals surface area contributed by atoms with Crippen molar-refractivity contribution in [2.45, 2.75) is 6.92 Å². The van der Waals surface area contributed by atoms with Crippen molar-refractivity contribution in [1.82, 2.24) is 4.98 Å². The Hall–Kier alpha value is -1.36. The van der Waals surface area contributed by atoms with E-state index < -0.39 is 5.97 Å². The summed E-state index contributed by atoms with van der Waals surface area (Å²) in [6.45, 7) is 1.79. The summed E-state index contributed by atoms with van der Waals surface area (Å²) in [4.78, 5) is 14.0. The molecule has 0 bridgehead atoms. The molecule has 0 unspecified atom stereocenters. The number of rotatable bonds is 1. The van der Waals surface area contributed by atoms with Gasteiger partial charge in [0.25, 0.3) is 0 Å². The predicted octanol–water partition coefficient (Wildman–Crippen LogP) is 3.16. The lowest BCUT2D eigenvalue weighted by Crippen LogP contribution is -2.00. The van der Waals surface area contributed by atoms with Crippen molar-refractivity contribution in [2.24, 2.45) is 0 Å². The smallest absolute Gasteiger partial charge is 0.354 e. The second kappa shape index (κ2) is 3.90. The number of benzene rings is 1. The Morgan fingerprint density at radius 2 is 2.19 bits per heavy atom. The lowest BCUT2D eigenvalue weighted by atomic mass is 10.1. The molecule has 3 nitrogen and oxygen atoms in total. The Kier molecular flexibility index (Phi) is 2.71. The number of hydrogen-bond acceptors (Lipinski definition) is 2. The van der Waals surface area contributed by atoms with Crippen LogP contribution in [0.25, 0.3) is 10.9 Å². The van der Waals surface area contributed by atoms with Gasteiger partial charge >= 0.3 is 5.97 Å². The van der Waals surface area contributed by atoms with Crippen molar-refractivity contribution < 1.29 is 13.9 Å². The molecule has 84 valence electrons. The lowest BCUT2D eigenvalue weighted by Gasteiger charge is -2.00. The van der Waals surface area contributed by atoms with Crippen molar-refractivity contribution in [3.8, 4) is 0 Å². The monoisotopic (exact) mass is 285 g/mol. The van der Waals surface area contributed by atoms with Crippen molar-refractivity contribution >= 4 is 32.8 Å². The van der Waals surface area contributed by atoms with Crippen LogP contribution in [0.2, 0.25) is 0 Å². The fourth-order valence-corrected chi connectivity index (χ4v) is 2.00. The first-order valence-electron chi connectivity index (χ1n) is 4.60. The summed E-state index contributed by atoms with van der Waals surface area (Å²) in [5.74, 6) is -0.897. The number of fused-ring (bicyclic) bond motifs is 1. The molecule has 0 saturated heterocycles. The van der Waals surface area contributed by atoms with Crippen LogP contribution in [0.1, 0.15) is 16.1 Å². The summed E-state index contributed by atoms with van der Waals surface area (Å²) < 4.78 is 18.9. The Balaban J connectivity index is 2.74. The van der Waals surface area contributed by atoms with Gasteiger partial charge in [-0.05, 0) is 40.5 Å². The Morgan fingerprint density at radius 3 is 2.81 bits per heavy atom. The molecule has 0 spiro atoms. The number of ether oxygens (including phenoxy) is 1. The summed E-state index contributed by atoms with van der Waals surface area (Å²) in [6.07, 6.45) is 0. The van der Waals surface area contributed by atoms with Crippen LogP contribution in [0.3, 0.4) is 0 Å². The minimum absolute atomic E-state index is 0.239. The van der Waals surface area contributed by atoms with Crippen LogP contribution in [0.4, 0.5) is 4.39 Å². The third kappa shape index (κ3) is 1.61. The van der Waals surface area contributed by atoms with E-state index in [1.807, 2.05) is 0 Å². The number of nitrogens with one attached hydrogen (secondary N) is 1. The van der Waals surface area contributed by atoms with Gasteiger partial charge in [-0.1, -0.05) is 0 Å². The maximum absolute atomic E-state index is 13.6. The van der Waals surface area contributed by atoms with E-state index in [2.05, 4.69) is 25.7 Å². The summed E-state index contributed by atoms with van der Waals surface area (Å²) >= 11 is 3.36. The quantitative estimate of drug-likeness (QED) is 0.818. The summed E-state index contributed by atoms with van der Waals surface area (Å²) in [7, 11) is 1.28. The van der Waals surface area contributed by atoms with Gasteiger partial charge in [0, 0.05) is 9.86 Å².